The molecule has 0 aromatic carbocycles. The van der Waals surface area contributed by atoms with Crippen LogP contribution >= 0.6 is 0 Å². The first-order chi connectivity index (χ1) is 39.6. The molecule has 0 amide bonds. The Kier molecular flexibility index (Phi) is 20.4. The fourth-order valence-electron chi connectivity index (χ4n) is 15.9. The van der Waals surface area contributed by atoms with Gasteiger partial charge in [0.15, 0.2) is 43.3 Å². The summed E-state index contributed by atoms with van der Waals surface area (Å²) in [5, 5.41) is 124. The quantitative estimate of drug-likeness (QED) is 0.0610. The highest BCUT2D eigenvalue weighted by molar-refractivity contribution is 7.80. The van der Waals surface area contributed by atoms with Gasteiger partial charge in [-0.1, -0.05) is 39.3 Å². The second kappa shape index (κ2) is 25.7. The summed E-state index contributed by atoms with van der Waals surface area (Å²) < 4.78 is 101. The van der Waals surface area contributed by atoms with Gasteiger partial charge in [-0.05, 0) is 127 Å². The zero-order chi connectivity index (χ0) is 62.5. The number of Topliss-reactive ketones (excluding diaryl/α,β-unsaturated/α-hetero) is 2. The Morgan fingerprint density at radius 3 is 1.73 bits per heavy atom. The van der Waals surface area contributed by atoms with Crippen molar-refractivity contribution in [2.75, 3.05) is 0 Å². The van der Waals surface area contributed by atoms with Crippen LogP contribution in [0, 0.1) is 40.4 Å². The van der Waals surface area contributed by atoms with Crippen molar-refractivity contribution >= 4 is 22.0 Å². The minimum atomic E-state index is -4.89. The van der Waals surface area contributed by atoms with Crippen LogP contribution in [-0.2, 0) is 71.5 Å². The van der Waals surface area contributed by atoms with E-state index in [0.717, 1.165) is 5.57 Å². The third kappa shape index (κ3) is 13.3. The van der Waals surface area contributed by atoms with E-state index in [-0.39, 0.29) is 48.7 Å². The SMILES string of the molecule is CC(C)CC(=O)C[C@@](C)(O)[C@H]1CC[C@H]2[C@@H]3C[C@H](O[C@@H]4O[C@H](C)C(=O)[C@H](O[C@@H]5O[C@H](C)[C@@H](O[C@@H]6O[C@H](C)[C@H](O)[C@H](O)[C@H]6O[C@@H]6O[C@H](C)[C@H](O)[C@H](O)[C@H]6O)[C@H](O)[C@H]5O[C@@H]5O[C@H](C)[C@@H](O)[C@H](O)[C@H]5O)[C@H]4O)[C@H]4C[C@@H](OS(=O)(=O)O)CC[C@]4(C)C3=CC[C@@]21C. The number of ketones is 2. The molecule has 12 N–H and O–H groups in total. The first-order valence-electron chi connectivity index (χ1n) is 30.1. The summed E-state index contributed by atoms with van der Waals surface area (Å²) in [7, 11) is -4.89. The van der Waals surface area contributed by atoms with E-state index >= 15 is 0 Å². The molecular formula is C57H92O27S. The van der Waals surface area contributed by atoms with E-state index in [1.54, 1.807) is 6.92 Å². The summed E-state index contributed by atoms with van der Waals surface area (Å²) in [5.74, 6) is -1.64. The first-order valence-corrected chi connectivity index (χ1v) is 31.4. The molecular weight excluding hydrogens is 1150 g/mol. The van der Waals surface area contributed by atoms with Gasteiger partial charge in [0.2, 0.25) is 0 Å². The molecule has 5 saturated heterocycles. The van der Waals surface area contributed by atoms with Gasteiger partial charge in [0.25, 0.3) is 0 Å². The number of carbonyl (C=O) groups is 2. The highest BCUT2D eigenvalue weighted by Crippen LogP contribution is 2.67. The van der Waals surface area contributed by atoms with Crippen LogP contribution in [0.25, 0.3) is 0 Å². The lowest BCUT2D eigenvalue weighted by molar-refractivity contribution is -0.399. The van der Waals surface area contributed by atoms with E-state index in [1.807, 2.05) is 13.8 Å². The topological polar surface area (TPSA) is 413 Å². The van der Waals surface area contributed by atoms with Crippen molar-refractivity contribution in [2.24, 2.45) is 40.4 Å². The van der Waals surface area contributed by atoms with Gasteiger partial charge in [0.05, 0.1) is 42.2 Å². The molecule has 3 saturated carbocycles. The number of allylic oxidation sites excluding steroid dienone is 2. The third-order valence-electron chi connectivity index (χ3n) is 20.4. The van der Waals surface area contributed by atoms with E-state index in [9.17, 15) is 78.7 Å². The summed E-state index contributed by atoms with van der Waals surface area (Å²) >= 11 is 0. The van der Waals surface area contributed by atoms with Crippen molar-refractivity contribution in [1.29, 1.82) is 0 Å². The van der Waals surface area contributed by atoms with Crippen LogP contribution < -0.4 is 0 Å². The third-order valence-corrected chi connectivity index (χ3v) is 20.9. The minimum Gasteiger partial charge on any atom is -0.389 e. The maximum absolute atomic E-state index is 14.4. The van der Waals surface area contributed by atoms with Crippen molar-refractivity contribution in [3.05, 3.63) is 11.6 Å². The van der Waals surface area contributed by atoms with E-state index < -0.39 is 198 Å². The number of aliphatic hydroxyl groups excluding tert-OH is 10. The molecule has 85 heavy (non-hydrogen) atoms. The van der Waals surface area contributed by atoms with E-state index in [2.05, 4.69) is 19.9 Å². The number of hydrogen-bond donors (Lipinski definition) is 12. The van der Waals surface area contributed by atoms with Gasteiger partial charge in [-0.15, -0.1) is 0 Å². The molecule has 0 bridgehead atoms. The summed E-state index contributed by atoms with van der Waals surface area (Å²) in [6.45, 7) is 16.9. The molecule has 0 aromatic rings. The van der Waals surface area contributed by atoms with E-state index in [0.29, 0.717) is 38.5 Å². The van der Waals surface area contributed by atoms with Gasteiger partial charge in [0, 0.05) is 12.8 Å². The number of hydrogen-bond acceptors (Lipinski definition) is 26. The molecule has 9 rings (SSSR count). The Hall–Kier alpha value is -1.89. The lowest BCUT2D eigenvalue weighted by atomic mass is 9.47. The predicted molar refractivity (Wildman–Crippen MR) is 288 cm³/mol. The van der Waals surface area contributed by atoms with Crippen LogP contribution in [0.4, 0.5) is 0 Å². The molecule has 5 heterocycles. The highest BCUT2D eigenvalue weighted by Gasteiger charge is 2.64. The van der Waals surface area contributed by atoms with Gasteiger partial charge >= 0.3 is 10.4 Å². The van der Waals surface area contributed by atoms with Gasteiger partial charge in [0.1, 0.15) is 91.2 Å². The molecule has 0 spiro atoms. The monoisotopic (exact) mass is 1240 g/mol. The first kappa shape index (κ1) is 67.5. The lowest BCUT2D eigenvalue weighted by Crippen LogP contribution is -2.67. The van der Waals surface area contributed by atoms with Crippen LogP contribution in [0.3, 0.4) is 0 Å². The lowest BCUT2D eigenvalue weighted by Gasteiger charge is -2.60. The smallest absolute Gasteiger partial charge is 0.389 e. The van der Waals surface area contributed by atoms with Gasteiger partial charge in [-0.2, -0.15) is 8.42 Å². The van der Waals surface area contributed by atoms with Crippen LogP contribution in [-0.4, -0.2) is 246 Å². The molecule has 0 radical (unpaired) electrons. The number of carbonyl (C=O) groups excluding carboxylic acids is 2. The largest absolute Gasteiger partial charge is 0.397 e. The standard InChI is InChI=1S/C57H92O27S/c1-21(2)17-27(58)20-57(10,70)34-12-11-30-29-19-33(32-18-28(84-85(71,72)73)13-15-55(32,8)31(29)14-16-56(30,34)9)79-52-45(69)47(38(62)25(6)76-52)81-54-49(83-51-43(67)40(64)36(60)23(4)75-51)44(68)46(26(7)78-54)80-53-48(41(65)37(61)24(5)77-53)82-50-42(66)39(63)35(59)22(3)74-50/h14,21-26,28-30,32-37,39-54,59-61,63-70H,11-13,15-20H2,1-10H3,(H,71,72,73)/t22-,23-,24-,25-,26-,28+,29+,30+,32-,33+,34+,35+,36-,37+,39+,40+,41+,42-,43-,44+,45-,46-,47+,48-,49-,50+,51+,52+,53+,54+,55-,56+,57-/m1/s1. The molecule has 0 aromatic heterocycles. The molecule has 488 valence electrons. The Balaban J connectivity index is 0.992. The number of rotatable bonds is 17. The molecule has 0 unspecified atom stereocenters. The Labute approximate surface area is 495 Å². The van der Waals surface area contributed by atoms with Crippen molar-refractivity contribution in [1.82, 2.24) is 0 Å². The average molecular weight is 1240 g/mol. The molecule has 9 aliphatic rings. The fraction of sp³-hybridized carbons (Fsp3) is 0.930. The van der Waals surface area contributed by atoms with Crippen LogP contribution in [0.1, 0.15) is 127 Å². The van der Waals surface area contributed by atoms with Gasteiger partial charge in [-0.25, -0.2) is 4.18 Å². The average Bonchev–Trinajstić information content (AvgIpc) is 1.84. The minimum absolute atomic E-state index is 0.00928. The van der Waals surface area contributed by atoms with Gasteiger partial charge < -0.3 is 104 Å². The molecule has 28 heteroatoms. The van der Waals surface area contributed by atoms with Crippen LogP contribution in [0.5, 0.6) is 0 Å². The fourth-order valence-corrected chi connectivity index (χ4v) is 16.4. The second-order valence-electron chi connectivity index (χ2n) is 26.9. The summed E-state index contributed by atoms with van der Waals surface area (Å²) in [5.41, 5.74) is -1.28. The molecule has 8 fully saturated rings. The van der Waals surface area contributed by atoms with Gasteiger partial charge in [-0.3, -0.25) is 14.1 Å². The number of fused-ring (bicyclic) bond motifs is 5. The normalized spacial score (nSPS) is 51.3. The maximum atomic E-state index is 14.4. The van der Waals surface area contributed by atoms with E-state index in [1.165, 1.54) is 34.6 Å². The molecule has 4 aliphatic carbocycles. The summed E-state index contributed by atoms with van der Waals surface area (Å²) in [6.07, 6.45) is -36.2. The van der Waals surface area contributed by atoms with Crippen LogP contribution in [0.2, 0.25) is 0 Å². The predicted octanol–water partition coefficient (Wildman–Crippen LogP) is -1.05. The maximum Gasteiger partial charge on any atom is 0.397 e. The Bertz CT molecular complexity index is 2490. The van der Waals surface area contributed by atoms with Crippen molar-refractivity contribution < 1.29 is 130 Å². The molecule has 27 nitrogen and oxygen atoms in total. The van der Waals surface area contributed by atoms with Crippen molar-refractivity contribution in [2.45, 2.75) is 292 Å². The second-order valence-corrected chi connectivity index (χ2v) is 27.9. The van der Waals surface area contributed by atoms with Crippen molar-refractivity contribution in [3.63, 3.8) is 0 Å². The zero-order valence-corrected chi connectivity index (χ0v) is 50.6. The highest BCUT2D eigenvalue weighted by atomic mass is 32.3. The summed E-state index contributed by atoms with van der Waals surface area (Å²) in [6, 6.07) is 0. The number of aliphatic hydroxyl groups is 11. The van der Waals surface area contributed by atoms with Crippen molar-refractivity contribution in [3.8, 4) is 0 Å². The Morgan fingerprint density at radius 1 is 0.635 bits per heavy atom. The van der Waals surface area contributed by atoms with Crippen LogP contribution in [0.15, 0.2) is 11.6 Å². The number of ether oxygens (including phenoxy) is 10. The van der Waals surface area contributed by atoms with E-state index in [4.69, 9.17) is 51.6 Å². The Morgan fingerprint density at radius 2 is 1.15 bits per heavy atom. The molecule has 33 atom stereocenters. The zero-order valence-electron chi connectivity index (χ0n) is 49.7. The summed E-state index contributed by atoms with van der Waals surface area (Å²) in [4.78, 5) is 27.6. The molecule has 5 aliphatic heterocycles.